The third kappa shape index (κ3) is 6.77. The van der Waals surface area contributed by atoms with Crippen molar-refractivity contribution in [3.8, 4) is 5.75 Å². The number of ether oxygens (including phenoxy) is 1. The number of allylic oxidation sites excluding steroid dienone is 1. The van der Waals surface area contributed by atoms with Crippen LogP contribution in [0, 0.1) is 5.92 Å². The highest BCUT2D eigenvalue weighted by atomic mass is 127. The summed E-state index contributed by atoms with van der Waals surface area (Å²) in [6, 6.07) is 9.60. The molecule has 1 aromatic carbocycles. The topological polar surface area (TPSA) is 108 Å². The average molecular weight is 607 g/mol. The van der Waals surface area contributed by atoms with Gasteiger partial charge in [0.05, 0.1) is 7.11 Å². The fourth-order valence-corrected chi connectivity index (χ4v) is 4.21. The number of halogens is 1. The van der Waals surface area contributed by atoms with Gasteiger partial charge in [0.15, 0.2) is 34.5 Å². The first-order valence-electron chi connectivity index (χ1n) is 11.8. The maximum Gasteiger partial charge on any atom is 0.410 e. The van der Waals surface area contributed by atoms with E-state index in [1.807, 2.05) is 25.1 Å². The molecule has 1 amide bonds. The minimum atomic E-state index is -0.719. The van der Waals surface area contributed by atoms with Gasteiger partial charge in [0, 0.05) is 35.9 Å². The summed E-state index contributed by atoms with van der Waals surface area (Å²) in [6.45, 7) is 5.75. The van der Waals surface area contributed by atoms with Gasteiger partial charge in [-0.25, -0.2) is 9.59 Å². The van der Waals surface area contributed by atoms with E-state index in [0.29, 0.717) is 30.8 Å². The number of alkyl carbamates (subject to hydrolysis) is 1. The molecule has 8 nitrogen and oxygen atoms in total. The standard InChI is InChI=1S/C27H30INO7/c1-5-18-9-10-19-14-20(34-22(19)13-18)12-17(3)25(30)24-23(36-28)15-21(35-26(24)31)16(2)8-6-7-11-29-27(32)33-4/h7,9-11,13-17H,5-6,8,12H2,1-4H3,(H,29,32)/b11-7+. The molecule has 0 fully saturated rings. The number of aryl methyl sites for hydroxylation is 1. The molecule has 192 valence electrons. The minimum absolute atomic E-state index is 0.0978. The first-order chi connectivity index (χ1) is 17.3. The van der Waals surface area contributed by atoms with Crippen molar-refractivity contribution in [3.63, 3.8) is 0 Å². The van der Waals surface area contributed by atoms with Gasteiger partial charge in [-0.2, -0.15) is 0 Å². The molecular weight excluding hydrogens is 577 g/mol. The number of amides is 1. The second kappa shape index (κ2) is 12.8. The van der Waals surface area contributed by atoms with Gasteiger partial charge < -0.3 is 16.6 Å². The van der Waals surface area contributed by atoms with Crippen LogP contribution in [0.5, 0.6) is 5.75 Å². The Balaban J connectivity index is 1.71. The van der Waals surface area contributed by atoms with Gasteiger partial charge in [-0.3, -0.25) is 10.1 Å². The lowest BCUT2D eigenvalue weighted by Crippen LogP contribution is -2.23. The summed E-state index contributed by atoms with van der Waals surface area (Å²) >= 11 is 1.67. The average Bonchev–Trinajstić information content (AvgIpc) is 3.28. The number of fused-ring (bicyclic) bond motifs is 1. The third-order valence-corrected chi connectivity index (χ3v) is 6.49. The van der Waals surface area contributed by atoms with E-state index >= 15 is 0 Å². The van der Waals surface area contributed by atoms with Crippen LogP contribution in [-0.2, 0) is 17.6 Å². The Morgan fingerprint density at radius 3 is 2.64 bits per heavy atom. The first-order valence-corrected chi connectivity index (χ1v) is 12.7. The summed E-state index contributed by atoms with van der Waals surface area (Å²) in [5.41, 5.74) is 1.15. The molecule has 3 aromatic rings. The van der Waals surface area contributed by atoms with E-state index in [9.17, 15) is 14.4 Å². The Labute approximate surface area is 223 Å². The van der Waals surface area contributed by atoms with E-state index in [4.69, 9.17) is 11.9 Å². The molecule has 3 rings (SSSR count). The maximum absolute atomic E-state index is 13.2. The summed E-state index contributed by atoms with van der Waals surface area (Å²) in [5.74, 6) is 0.303. The molecule has 9 heteroatoms. The molecule has 0 saturated heterocycles. The molecule has 2 unspecified atom stereocenters. The van der Waals surface area contributed by atoms with E-state index in [0.717, 1.165) is 17.4 Å². The number of Topliss-reactive ketones (excluding diaryl/α,β-unsaturated/α-hetero) is 1. The van der Waals surface area contributed by atoms with Crippen molar-refractivity contribution in [2.75, 3.05) is 7.11 Å². The van der Waals surface area contributed by atoms with Crippen molar-refractivity contribution in [1.82, 2.24) is 5.32 Å². The van der Waals surface area contributed by atoms with Gasteiger partial charge in [-0.1, -0.05) is 39.0 Å². The smallest absolute Gasteiger partial charge is 0.410 e. The lowest BCUT2D eigenvalue weighted by atomic mass is 9.94. The van der Waals surface area contributed by atoms with E-state index in [2.05, 4.69) is 23.0 Å². The number of carbonyl (C=O) groups is 2. The zero-order valence-corrected chi connectivity index (χ0v) is 22.9. The van der Waals surface area contributed by atoms with Gasteiger partial charge in [0.2, 0.25) is 0 Å². The van der Waals surface area contributed by atoms with Crippen molar-refractivity contribution in [2.45, 2.75) is 52.4 Å². The first kappa shape index (κ1) is 27.5. The molecule has 0 radical (unpaired) electrons. The number of nitrogens with one attached hydrogen (secondary N) is 1. The van der Waals surface area contributed by atoms with Gasteiger partial charge >= 0.3 is 11.7 Å². The normalized spacial score (nSPS) is 13.0. The fraction of sp³-hybridized carbons (Fsp3) is 0.370. The summed E-state index contributed by atoms with van der Waals surface area (Å²) in [6.07, 6.45) is 5.27. The largest absolute Gasteiger partial charge is 0.461 e. The van der Waals surface area contributed by atoms with Crippen LogP contribution in [0.1, 0.15) is 67.0 Å². The molecular formula is C27H30INO7. The number of hydrogen-bond donors (Lipinski definition) is 1. The number of benzene rings is 1. The van der Waals surface area contributed by atoms with Crippen LogP contribution in [-0.4, -0.2) is 19.0 Å². The zero-order chi connectivity index (χ0) is 26.2. The summed E-state index contributed by atoms with van der Waals surface area (Å²) in [4.78, 5) is 37.1. The van der Waals surface area contributed by atoms with Gasteiger partial charge in [-0.15, -0.1) is 0 Å². The fourth-order valence-electron chi connectivity index (χ4n) is 3.86. The van der Waals surface area contributed by atoms with Crippen molar-refractivity contribution >= 4 is 45.9 Å². The summed E-state index contributed by atoms with van der Waals surface area (Å²) in [7, 11) is 1.29. The molecule has 0 aliphatic carbocycles. The van der Waals surface area contributed by atoms with Crippen molar-refractivity contribution < 1.29 is 26.2 Å². The van der Waals surface area contributed by atoms with Gasteiger partial charge in [-0.05, 0) is 37.0 Å². The number of furan rings is 1. The molecule has 0 spiro atoms. The monoisotopic (exact) mass is 607 g/mol. The van der Waals surface area contributed by atoms with Crippen molar-refractivity contribution in [2.24, 2.45) is 5.92 Å². The van der Waals surface area contributed by atoms with E-state index in [1.165, 1.54) is 18.9 Å². The Hall–Kier alpha value is -3.08. The number of ketones is 1. The van der Waals surface area contributed by atoms with Crippen LogP contribution in [0.2, 0.25) is 0 Å². The molecule has 2 heterocycles. The zero-order valence-electron chi connectivity index (χ0n) is 20.8. The van der Waals surface area contributed by atoms with Crippen molar-refractivity contribution in [1.29, 1.82) is 0 Å². The molecule has 0 aliphatic heterocycles. The van der Waals surface area contributed by atoms with Crippen LogP contribution in [0.25, 0.3) is 11.0 Å². The van der Waals surface area contributed by atoms with Crippen LogP contribution >= 0.6 is 23.0 Å². The number of hydrogen-bond acceptors (Lipinski definition) is 7. The Morgan fingerprint density at radius 2 is 1.94 bits per heavy atom. The van der Waals surface area contributed by atoms with Gasteiger partial charge in [0.1, 0.15) is 22.7 Å². The highest BCUT2D eigenvalue weighted by Gasteiger charge is 2.27. The molecule has 1 N–H and O–H groups in total. The van der Waals surface area contributed by atoms with Crippen LogP contribution in [0.3, 0.4) is 0 Å². The quantitative estimate of drug-likeness (QED) is 0.196. The van der Waals surface area contributed by atoms with Crippen molar-refractivity contribution in [3.05, 3.63) is 75.7 Å². The number of rotatable bonds is 11. The van der Waals surface area contributed by atoms with Crippen LogP contribution in [0.4, 0.5) is 4.79 Å². The van der Waals surface area contributed by atoms with Crippen LogP contribution in [0.15, 0.2) is 56.2 Å². The molecule has 36 heavy (non-hydrogen) atoms. The lowest BCUT2D eigenvalue weighted by Gasteiger charge is -2.14. The lowest BCUT2D eigenvalue weighted by molar-refractivity contribution is 0.0920. The highest BCUT2D eigenvalue weighted by Crippen LogP contribution is 2.29. The van der Waals surface area contributed by atoms with E-state index in [1.54, 1.807) is 42.1 Å². The predicted molar refractivity (Wildman–Crippen MR) is 145 cm³/mol. The SMILES string of the molecule is CCc1ccc2cc(CC(C)C(=O)c3c(OI)cc(C(C)CC/C=C/NC(=O)OC)oc3=O)oc2c1. The summed E-state index contributed by atoms with van der Waals surface area (Å²) < 4.78 is 21.4. The third-order valence-electron chi connectivity index (χ3n) is 6.02. The molecule has 0 aliphatic rings. The van der Waals surface area contributed by atoms with E-state index < -0.39 is 17.6 Å². The second-order valence-electron chi connectivity index (χ2n) is 8.68. The second-order valence-corrected chi connectivity index (χ2v) is 9.12. The maximum atomic E-state index is 13.2. The Bertz CT molecular complexity index is 1310. The molecule has 2 aromatic heterocycles. The van der Waals surface area contributed by atoms with Gasteiger partial charge in [0.25, 0.3) is 0 Å². The van der Waals surface area contributed by atoms with Crippen LogP contribution < -0.4 is 14.0 Å². The highest BCUT2D eigenvalue weighted by molar-refractivity contribution is 14.1. The number of methoxy groups -OCH3 is 1. The summed E-state index contributed by atoms with van der Waals surface area (Å²) in [5, 5.41) is 3.43. The Morgan fingerprint density at radius 1 is 1.17 bits per heavy atom. The predicted octanol–water partition coefficient (Wildman–Crippen LogP) is 6.49. The molecule has 2 atom stereocenters. The number of carbonyl (C=O) groups excluding carboxylic acids is 2. The minimum Gasteiger partial charge on any atom is -0.461 e. The van der Waals surface area contributed by atoms with E-state index in [-0.39, 0.29) is 23.0 Å². The molecule has 0 bridgehead atoms. The Kier molecular flexibility index (Phi) is 9.74. The molecule has 0 saturated carbocycles.